The Bertz CT molecular complexity index is 1740. The number of piperazine rings is 1. The lowest BCUT2D eigenvalue weighted by molar-refractivity contribution is 0.107. The Kier molecular flexibility index (Phi) is 6.67. The number of nitrogens with one attached hydrogen (secondary N) is 1. The predicted octanol–water partition coefficient (Wildman–Crippen LogP) is 4.86. The first-order valence-electron chi connectivity index (χ1n) is 14.4. The van der Waals surface area contributed by atoms with E-state index in [9.17, 15) is 8.78 Å². The fraction of sp³-hybridized carbons (Fsp3) is 0.406. The molecule has 3 saturated heterocycles. The average Bonchev–Trinajstić information content (AvgIpc) is 3.52. The number of ether oxygens (including phenoxy) is 1. The van der Waals surface area contributed by atoms with Crippen LogP contribution >= 0.6 is 0 Å². The van der Waals surface area contributed by atoms with Gasteiger partial charge in [0, 0.05) is 55.8 Å². The third kappa shape index (κ3) is 4.34. The Morgan fingerprint density at radius 2 is 2.07 bits per heavy atom. The molecule has 2 aromatic carbocycles. The maximum absolute atomic E-state index is 16.6. The summed E-state index contributed by atoms with van der Waals surface area (Å²) in [6.07, 6.45) is 8.57. The van der Waals surface area contributed by atoms with Crippen LogP contribution in [0.1, 0.15) is 31.7 Å². The van der Waals surface area contributed by atoms with Crippen molar-refractivity contribution in [1.82, 2.24) is 25.2 Å². The Morgan fingerprint density at radius 1 is 1.19 bits per heavy atom. The zero-order chi connectivity index (χ0) is 29.0. The number of aromatic nitrogens is 3. The highest BCUT2D eigenvalue weighted by Crippen LogP contribution is 2.41. The topological polar surface area (TPSA) is 66.4 Å². The first kappa shape index (κ1) is 26.9. The smallest absolute Gasteiger partial charge is 0.319 e. The Morgan fingerprint density at radius 3 is 2.90 bits per heavy atom. The second kappa shape index (κ2) is 10.4. The number of nitrogens with zero attached hydrogens (tertiary/aromatic N) is 5. The van der Waals surface area contributed by atoms with Gasteiger partial charge in [0.25, 0.3) is 0 Å². The summed E-state index contributed by atoms with van der Waals surface area (Å²) in [5, 5.41) is 4.90. The van der Waals surface area contributed by atoms with Crippen molar-refractivity contribution >= 4 is 27.5 Å². The van der Waals surface area contributed by atoms with Gasteiger partial charge < -0.3 is 15.0 Å². The van der Waals surface area contributed by atoms with Gasteiger partial charge >= 0.3 is 6.01 Å². The fourth-order valence-electron chi connectivity index (χ4n) is 6.99. The molecule has 3 aliphatic heterocycles. The van der Waals surface area contributed by atoms with Gasteiger partial charge in [0.15, 0.2) is 5.82 Å². The Hall–Kier alpha value is -3.94. The molecule has 42 heavy (non-hydrogen) atoms. The monoisotopic (exact) mass is 572 g/mol. The van der Waals surface area contributed by atoms with Crippen LogP contribution in [-0.4, -0.2) is 76.9 Å². The van der Waals surface area contributed by atoms with Crippen molar-refractivity contribution in [3.05, 3.63) is 53.7 Å². The predicted molar refractivity (Wildman–Crippen MR) is 156 cm³/mol. The van der Waals surface area contributed by atoms with E-state index in [0.29, 0.717) is 47.1 Å². The maximum atomic E-state index is 16.6. The largest absolute Gasteiger partial charge is 0.461 e. The summed E-state index contributed by atoms with van der Waals surface area (Å²) in [4.78, 5) is 18.1. The van der Waals surface area contributed by atoms with Crippen LogP contribution < -0.4 is 15.0 Å². The van der Waals surface area contributed by atoms with Gasteiger partial charge in [-0.2, -0.15) is 9.97 Å². The minimum absolute atomic E-state index is 0.00999. The molecule has 0 aliphatic carbocycles. The van der Waals surface area contributed by atoms with E-state index < -0.39 is 23.3 Å². The van der Waals surface area contributed by atoms with Crippen LogP contribution in [0.15, 0.2) is 36.5 Å². The molecule has 3 aliphatic rings. The molecule has 5 heterocycles. The summed E-state index contributed by atoms with van der Waals surface area (Å²) in [6, 6.07) is 8.28. The van der Waals surface area contributed by atoms with Gasteiger partial charge in [0.05, 0.1) is 16.5 Å². The SMILES string of the molecule is C#Cc1c(F)ccc2cccc(-c3ncc4c(N5CCNC[C@@H]5C)nc(OC[C@@]56CCCN5C[C@H](F)C6)nc4c3F)c12. The number of benzene rings is 2. The van der Waals surface area contributed by atoms with Crippen molar-refractivity contribution < 1.29 is 17.9 Å². The molecular weight excluding hydrogens is 541 g/mol. The van der Waals surface area contributed by atoms with Gasteiger partial charge in [-0.15, -0.1) is 6.42 Å². The molecule has 4 aromatic rings. The maximum Gasteiger partial charge on any atom is 0.319 e. The summed E-state index contributed by atoms with van der Waals surface area (Å²) in [7, 11) is 0. The molecular formula is C32H31F3N6O. The highest BCUT2D eigenvalue weighted by atomic mass is 19.1. The number of fused-ring (bicyclic) bond motifs is 3. The Balaban J connectivity index is 1.37. The minimum atomic E-state index is -0.895. The number of rotatable bonds is 5. The number of hydrogen-bond acceptors (Lipinski definition) is 7. The zero-order valence-corrected chi connectivity index (χ0v) is 23.3. The molecule has 0 radical (unpaired) electrons. The number of pyridine rings is 1. The van der Waals surface area contributed by atoms with Gasteiger partial charge in [-0.05, 0) is 37.8 Å². The van der Waals surface area contributed by atoms with Crippen LogP contribution in [0, 0.1) is 24.0 Å². The summed E-state index contributed by atoms with van der Waals surface area (Å²) < 4.78 is 51.9. The van der Waals surface area contributed by atoms with Crippen molar-refractivity contribution in [2.24, 2.45) is 0 Å². The highest BCUT2D eigenvalue weighted by Gasteiger charge is 2.49. The van der Waals surface area contributed by atoms with Gasteiger partial charge in [0.1, 0.15) is 35.6 Å². The third-order valence-corrected chi connectivity index (χ3v) is 9.04. The molecule has 7 rings (SSSR count). The molecule has 3 atom stereocenters. The molecule has 3 fully saturated rings. The van der Waals surface area contributed by atoms with E-state index in [-0.39, 0.29) is 35.4 Å². The van der Waals surface area contributed by atoms with Crippen LogP contribution in [0.25, 0.3) is 32.9 Å². The molecule has 2 aromatic heterocycles. The number of anilines is 1. The van der Waals surface area contributed by atoms with E-state index in [1.807, 2.05) is 0 Å². The standard InChI is InChI=1S/C32H31F3N6O/c1-3-22-25(34)9-8-20-6-4-7-23(26(20)22)28-27(35)29-24(16-37-28)30(41-13-11-36-15-19(41)2)39-31(38-29)42-18-32-10-5-12-40(32)17-21(33)14-32/h1,4,6-9,16,19,21,36H,5,10-15,17-18H2,2H3/t19-,21+,32-/m0/s1. The molecule has 216 valence electrons. The normalized spacial score (nSPS) is 24.3. The second-order valence-corrected chi connectivity index (χ2v) is 11.6. The van der Waals surface area contributed by atoms with Gasteiger partial charge in [-0.3, -0.25) is 9.88 Å². The first-order valence-corrected chi connectivity index (χ1v) is 14.4. The van der Waals surface area contributed by atoms with Crippen molar-refractivity contribution in [3.63, 3.8) is 0 Å². The molecule has 1 N–H and O–H groups in total. The summed E-state index contributed by atoms with van der Waals surface area (Å²) in [6.45, 7) is 5.67. The number of halogens is 3. The van der Waals surface area contributed by atoms with E-state index in [2.05, 4.69) is 37.9 Å². The lowest BCUT2D eigenvalue weighted by Gasteiger charge is -2.35. The fourth-order valence-corrected chi connectivity index (χ4v) is 6.99. The van der Waals surface area contributed by atoms with Crippen LogP contribution in [0.3, 0.4) is 0 Å². The van der Waals surface area contributed by atoms with Crippen molar-refractivity contribution in [2.75, 3.05) is 44.2 Å². The highest BCUT2D eigenvalue weighted by molar-refractivity contribution is 6.02. The molecule has 0 amide bonds. The lowest BCUT2D eigenvalue weighted by Crippen LogP contribution is -2.50. The van der Waals surface area contributed by atoms with E-state index in [4.69, 9.17) is 16.1 Å². The third-order valence-electron chi connectivity index (χ3n) is 9.04. The van der Waals surface area contributed by atoms with E-state index in [1.54, 1.807) is 30.5 Å². The van der Waals surface area contributed by atoms with Crippen LogP contribution in [-0.2, 0) is 0 Å². The van der Waals surface area contributed by atoms with Crippen molar-refractivity contribution in [3.8, 4) is 29.6 Å². The molecule has 0 bridgehead atoms. The van der Waals surface area contributed by atoms with E-state index >= 15 is 4.39 Å². The van der Waals surface area contributed by atoms with Gasteiger partial charge in [0.2, 0.25) is 0 Å². The Labute approximate surface area is 242 Å². The molecule has 0 unspecified atom stereocenters. The average molecular weight is 573 g/mol. The van der Waals surface area contributed by atoms with Crippen LogP contribution in [0.2, 0.25) is 0 Å². The van der Waals surface area contributed by atoms with E-state index in [0.717, 1.165) is 32.5 Å². The first-order chi connectivity index (χ1) is 20.4. The van der Waals surface area contributed by atoms with Crippen molar-refractivity contribution in [1.29, 1.82) is 0 Å². The molecule has 10 heteroatoms. The van der Waals surface area contributed by atoms with Gasteiger partial charge in [-0.1, -0.05) is 30.2 Å². The quantitative estimate of drug-likeness (QED) is 0.343. The lowest BCUT2D eigenvalue weighted by atomic mass is 9.95. The summed E-state index contributed by atoms with van der Waals surface area (Å²) in [5.74, 6) is 1.72. The van der Waals surface area contributed by atoms with Crippen molar-refractivity contribution in [2.45, 2.75) is 43.9 Å². The number of terminal acetylenes is 1. The zero-order valence-electron chi connectivity index (χ0n) is 23.3. The number of alkyl halides is 1. The minimum Gasteiger partial charge on any atom is -0.461 e. The summed E-state index contributed by atoms with van der Waals surface area (Å²) >= 11 is 0. The molecule has 0 spiro atoms. The summed E-state index contributed by atoms with van der Waals surface area (Å²) in [5.41, 5.74) is 0.0844. The second-order valence-electron chi connectivity index (χ2n) is 11.6. The van der Waals surface area contributed by atoms with Crippen LogP contribution in [0.5, 0.6) is 6.01 Å². The number of hydrogen-bond donors (Lipinski definition) is 1. The molecule has 7 nitrogen and oxygen atoms in total. The molecule has 0 saturated carbocycles. The van der Waals surface area contributed by atoms with E-state index in [1.165, 1.54) is 6.07 Å². The van der Waals surface area contributed by atoms with Crippen LogP contribution in [0.4, 0.5) is 19.0 Å². The van der Waals surface area contributed by atoms with Gasteiger partial charge in [-0.25, -0.2) is 13.2 Å².